The van der Waals surface area contributed by atoms with Gasteiger partial charge in [0.1, 0.15) is 17.5 Å². The number of para-hydroxylation sites is 1. The average molecular weight is 297 g/mol. The minimum absolute atomic E-state index is 0.243. The van der Waals surface area contributed by atoms with E-state index in [-0.39, 0.29) is 5.69 Å². The average Bonchev–Trinajstić information content (AvgIpc) is 3.12. The molecule has 6 nitrogen and oxygen atoms in total. The summed E-state index contributed by atoms with van der Waals surface area (Å²) < 4.78 is 6.95. The minimum Gasteiger partial charge on any atom is -0.496 e. The molecular formula is C14H11N5OS. The van der Waals surface area contributed by atoms with E-state index in [4.69, 9.17) is 4.74 Å². The Morgan fingerprint density at radius 3 is 2.81 bits per heavy atom. The molecule has 0 amide bonds. The van der Waals surface area contributed by atoms with Crippen molar-refractivity contribution in [3.63, 3.8) is 0 Å². The highest BCUT2D eigenvalue weighted by Gasteiger charge is 2.20. The van der Waals surface area contributed by atoms with Gasteiger partial charge in [0.25, 0.3) is 0 Å². The Morgan fingerprint density at radius 2 is 2.14 bits per heavy atom. The van der Waals surface area contributed by atoms with Crippen molar-refractivity contribution in [1.29, 1.82) is 5.26 Å². The Balaban J connectivity index is 2.26. The first-order chi connectivity index (χ1) is 10.2. The van der Waals surface area contributed by atoms with Crippen molar-refractivity contribution in [1.82, 2.24) is 20.0 Å². The van der Waals surface area contributed by atoms with Crippen LogP contribution in [0, 0.1) is 18.3 Å². The molecule has 0 bridgehead atoms. The van der Waals surface area contributed by atoms with Crippen molar-refractivity contribution in [2.75, 3.05) is 7.11 Å². The second-order valence-electron chi connectivity index (χ2n) is 4.28. The standard InChI is InChI=1S/C14H11N5OS/c1-9-8-21-14(16-9)19-13(11(7-15)17-18-19)10-5-3-4-6-12(10)20-2/h3-6,8H,1-2H3. The molecule has 3 aromatic rings. The highest BCUT2D eigenvalue weighted by Crippen LogP contribution is 2.33. The maximum absolute atomic E-state index is 9.29. The van der Waals surface area contributed by atoms with Gasteiger partial charge in [0.05, 0.1) is 12.8 Å². The molecule has 0 unspecified atom stereocenters. The lowest BCUT2D eigenvalue weighted by Gasteiger charge is -2.08. The first kappa shape index (κ1) is 13.3. The first-order valence-corrected chi connectivity index (χ1v) is 7.04. The lowest BCUT2D eigenvalue weighted by Crippen LogP contribution is -2.00. The molecule has 2 heterocycles. The fraction of sp³-hybridized carbons (Fsp3) is 0.143. The topological polar surface area (TPSA) is 76.6 Å². The van der Waals surface area contributed by atoms with Crippen LogP contribution in [0.2, 0.25) is 0 Å². The minimum atomic E-state index is 0.243. The summed E-state index contributed by atoms with van der Waals surface area (Å²) in [6, 6.07) is 9.52. The number of nitrogens with zero attached hydrogens (tertiary/aromatic N) is 5. The lowest BCUT2D eigenvalue weighted by molar-refractivity contribution is 0.416. The fourth-order valence-electron chi connectivity index (χ4n) is 2.01. The van der Waals surface area contributed by atoms with E-state index >= 15 is 0 Å². The van der Waals surface area contributed by atoms with Crippen LogP contribution in [0.4, 0.5) is 0 Å². The molecule has 0 radical (unpaired) electrons. The predicted octanol–water partition coefficient (Wildman–Crippen LogP) is 2.58. The number of rotatable bonds is 3. The van der Waals surface area contributed by atoms with Crippen LogP contribution in [0.1, 0.15) is 11.4 Å². The third kappa shape index (κ3) is 2.26. The second kappa shape index (κ2) is 5.34. The molecule has 0 fully saturated rings. The molecule has 0 saturated carbocycles. The summed E-state index contributed by atoms with van der Waals surface area (Å²) in [6.07, 6.45) is 0. The van der Waals surface area contributed by atoms with E-state index in [1.807, 2.05) is 36.6 Å². The predicted molar refractivity (Wildman–Crippen MR) is 78.5 cm³/mol. The van der Waals surface area contributed by atoms with E-state index in [1.165, 1.54) is 11.3 Å². The zero-order valence-electron chi connectivity index (χ0n) is 11.4. The van der Waals surface area contributed by atoms with Crippen LogP contribution < -0.4 is 4.74 Å². The number of ether oxygens (including phenoxy) is 1. The van der Waals surface area contributed by atoms with E-state index < -0.39 is 0 Å². The van der Waals surface area contributed by atoms with Crippen LogP contribution in [0.25, 0.3) is 16.4 Å². The van der Waals surface area contributed by atoms with Crippen LogP contribution in [-0.2, 0) is 0 Å². The summed E-state index contributed by atoms with van der Waals surface area (Å²) in [6.45, 7) is 1.91. The van der Waals surface area contributed by atoms with Crippen molar-refractivity contribution in [3.05, 3.63) is 41.0 Å². The van der Waals surface area contributed by atoms with E-state index in [0.29, 0.717) is 16.6 Å². The number of hydrogen-bond donors (Lipinski definition) is 0. The van der Waals surface area contributed by atoms with Gasteiger partial charge in [-0.2, -0.15) is 9.94 Å². The van der Waals surface area contributed by atoms with Gasteiger partial charge in [-0.3, -0.25) is 0 Å². The van der Waals surface area contributed by atoms with E-state index in [9.17, 15) is 5.26 Å². The zero-order valence-corrected chi connectivity index (χ0v) is 12.3. The number of hydrogen-bond acceptors (Lipinski definition) is 6. The number of aryl methyl sites for hydroxylation is 1. The fourth-order valence-corrected chi connectivity index (χ4v) is 2.76. The molecule has 3 rings (SSSR count). The molecule has 0 atom stereocenters. The monoisotopic (exact) mass is 297 g/mol. The van der Waals surface area contributed by atoms with Crippen LogP contribution >= 0.6 is 11.3 Å². The Kier molecular flexibility index (Phi) is 3.38. The maximum Gasteiger partial charge on any atom is 0.212 e. The normalized spacial score (nSPS) is 10.3. The summed E-state index contributed by atoms with van der Waals surface area (Å²) in [5.41, 5.74) is 2.49. The molecule has 2 aromatic heterocycles. The Bertz CT molecular complexity index is 830. The van der Waals surface area contributed by atoms with Crippen LogP contribution in [0.5, 0.6) is 5.75 Å². The zero-order chi connectivity index (χ0) is 14.8. The Labute approximate surface area is 125 Å². The third-order valence-corrected chi connectivity index (χ3v) is 3.86. The molecule has 104 valence electrons. The first-order valence-electron chi connectivity index (χ1n) is 6.16. The maximum atomic E-state index is 9.29. The number of methoxy groups -OCH3 is 1. The van der Waals surface area contributed by atoms with Gasteiger partial charge in [-0.25, -0.2) is 4.98 Å². The smallest absolute Gasteiger partial charge is 0.212 e. The molecule has 0 aliphatic heterocycles. The molecule has 1 aromatic carbocycles. The summed E-state index contributed by atoms with van der Waals surface area (Å²) in [7, 11) is 1.59. The van der Waals surface area contributed by atoms with Gasteiger partial charge < -0.3 is 4.74 Å². The van der Waals surface area contributed by atoms with Crippen LogP contribution in [-0.4, -0.2) is 27.1 Å². The SMILES string of the molecule is COc1ccccc1-c1c(C#N)nnn1-c1nc(C)cs1. The van der Waals surface area contributed by atoms with Gasteiger partial charge in [0.15, 0.2) is 5.69 Å². The van der Waals surface area contributed by atoms with Crippen LogP contribution in [0.3, 0.4) is 0 Å². The third-order valence-electron chi connectivity index (χ3n) is 2.93. The van der Waals surface area contributed by atoms with E-state index in [1.54, 1.807) is 11.8 Å². The number of thiazole rings is 1. The molecule has 7 heteroatoms. The van der Waals surface area contributed by atoms with Gasteiger partial charge >= 0.3 is 0 Å². The molecule has 0 spiro atoms. The molecule has 21 heavy (non-hydrogen) atoms. The quantitative estimate of drug-likeness (QED) is 0.742. The van der Waals surface area contributed by atoms with Gasteiger partial charge in [0, 0.05) is 10.9 Å². The van der Waals surface area contributed by atoms with Gasteiger partial charge in [-0.1, -0.05) is 17.3 Å². The Morgan fingerprint density at radius 1 is 1.33 bits per heavy atom. The summed E-state index contributed by atoms with van der Waals surface area (Å²) in [5, 5.41) is 19.9. The van der Waals surface area contributed by atoms with Gasteiger partial charge in [-0.15, -0.1) is 16.4 Å². The second-order valence-corrected chi connectivity index (χ2v) is 5.12. The highest BCUT2D eigenvalue weighted by atomic mass is 32.1. The van der Waals surface area contributed by atoms with Gasteiger partial charge in [-0.05, 0) is 19.1 Å². The van der Waals surface area contributed by atoms with Gasteiger partial charge in [0.2, 0.25) is 5.13 Å². The van der Waals surface area contributed by atoms with Crippen molar-refractivity contribution in [3.8, 4) is 28.2 Å². The summed E-state index contributed by atoms with van der Waals surface area (Å²) >= 11 is 1.45. The number of benzene rings is 1. The molecule has 0 aliphatic rings. The van der Waals surface area contributed by atoms with E-state index in [0.717, 1.165) is 11.3 Å². The van der Waals surface area contributed by atoms with Crippen molar-refractivity contribution in [2.45, 2.75) is 6.92 Å². The number of aromatic nitrogens is 4. The largest absolute Gasteiger partial charge is 0.496 e. The summed E-state index contributed by atoms with van der Waals surface area (Å²) in [4.78, 5) is 4.40. The van der Waals surface area contributed by atoms with E-state index in [2.05, 4.69) is 21.4 Å². The van der Waals surface area contributed by atoms with Crippen molar-refractivity contribution >= 4 is 11.3 Å². The molecule has 0 aliphatic carbocycles. The summed E-state index contributed by atoms with van der Waals surface area (Å²) in [5.74, 6) is 0.658. The van der Waals surface area contributed by atoms with Crippen LogP contribution in [0.15, 0.2) is 29.6 Å². The Hall–Kier alpha value is -2.72. The molecule has 0 N–H and O–H groups in total. The molecule has 0 saturated heterocycles. The van der Waals surface area contributed by atoms with Crippen molar-refractivity contribution in [2.24, 2.45) is 0 Å². The van der Waals surface area contributed by atoms with Crippen molar-refractivity contribution < 1.29 is 4.74 Å². The lowest BCUT2D eigenvalue weighted by atomic mass is 10.1. The highest BCUT2D eigenvalue weighted by molar-refractivity contribution is 7.12. The molecular weight excluding hydrogens is 286 g/mol. The number of nitriles is 1.